The van der Waals surface area contributed by atoms with Crippen LogP contribution in [0.15, 0.2) is 18.2 Å². The van der Waals surface area contributed by atoms with Gasteiger partial charge >= 0.3 is 5.97 Å². The van der Waals surface area contributed by atoms with E-state index in [9.17, 15) is 9.59 Å². The summed E-state index contributed by atoms with van der Waals surface area (Å²) in [4.78, 5) is 24.7. The number of carboxylic acids is 1. The lowest BCUT2D eigenvalue weighted by Gasteiger charge is -2.30. The number of anilines is 1. The highest BCUT2D eigenvalue weighted by molar-refractivity contribution is 6.41. The number of carboxylic acid groups (broad SMARTS) is 1. The maximum atomic E-state index is 11.7. The van der Waals surface area contributed by atoms with Gasteiger partial charge in [-0.05, 0) is 38.3 Å². The van der Waals surface area contributed by atoms with E-state index >= 15 is 0 Å². The number of carbonyl (C=O) groups excluding carboxylic acids is 1. The normalized spacial score (nSPS) is 15.5. The van der Waals surface area contributed by atoms with E-state index in [1.807, 2.05) is 19.1 Å². The Balaban J connectivity index is 2.39. The smallest absolute Gasteiger partial charge is 0.377 e. The van der Waals surface area contributed by atoms with Crippen molar-refractivity contribution in [2.45, 2.75) is 26.2 Å². The lowest BCUT2D eigenvalue weighted by atomic mass is 10.0. The van der Waals surface area contributed by atoms with Crippen LogP contribution >= 0.6 is 0 Å². The van der Waals surface area contributed by atoms with Crippen molar-refractivity contribution in [3.8, 4) is 0 Å². The average molecular weight is 247 g/mol. The fraction of sp³-hybridized carbons (Fsp3) is 0.429. The lowest BCUT2D eigenvalue weighted by Crippen LogP contribution is -2.31. The van der Waals surface area contributed by atoms with E-state index in [1.54, 1.807) is 6.07 Å². The first-order chi connectivity index (χ1) is 8.59. The number of aliphatic carboxylic acids is 1. The number of benzene rings is 1. The number of Topliss-reactive ketones (excluding diaryl/α,β-unsaturated/α-hetero) is 1. The van der Waals surface area contributed by atoms with Crippen molar-refractivity contribution in [3.63, 3.8) is 0 Å². The molecule has 1 fully saturated rings. The van der Waals surface area contributed by atoms with E-state index < -0.39 is 11.8 Å². The van der Waals surface area contributed by atoms with Crippen molar-refractivity contribution < 1.29 is 14.7 Å². The first-order valence-electron chi connectivity index (χ1n) is 6.23. The summed E-state index contributed by atoms with van der Waals surface area (Å²) in [6.07, 6.45) is 3.38. The number of hydrogen-bond acceptors (Lipinski definition) is 3. The number of rotatable bonds is 3. The molecule has 0 aromatic heterocycles. The van der Waals surface area contributed by atoms with Gasteiger partial charge in [0.05, 0.1) is 5.56 Å². The SMILES string of the molecule is Cc1ccc(N2CCCCC2)c(C(=O)C(=O)O)c1. The van der Waals surface area contributed by atoms with Gasteiger partial charge in [0.15, 0.2) is 0 Å². The number of carbonyl (C=O) groups is 2. The standard InChI is InChI=1S/C14H17NO3/c1-10-5-6-12(15-7-3-2-4-8-15)11(9-10)13(16)14(17)18/h5-6,9H,2-4,7-8H2,1H3,(H,17,18). The highest BCUT2D eigenvalue weighted by atomic mass is 16.4. The average Bonchev–Trinajstić information content (AvgIpc) is 2.38. The summed E-state index contributed by atoms with van der Waals surface area (Å²) < 4.78 is 0. The van der Waals surface area contributed by atoms with Crippen molar-refractivity contribution in [1.29, 1.82) is 0 Å². The Bertz CT molecular complexity index is 476. The summed E-state index contributed by atoms with van der Waals surface area (Å²) in [5, 5.41) is 8.88. The highest BCUT2D eigenvalue weighted by Gasteiger charge is 2.22. The third-order valence-electron chi connectivity index (χ3n) is 3.29. The largest absolute Gasteiger partial charge is 0.475 e. The van der Waals surface area contributed by atoms with E-state index in [-0.39, 0.29) is 0 Å². The summed E-state index contributed by atoms with van der Waals surface area (Å²) in [6.45, 7) is 3.64. The molecule has 0 atom stereocenters. The van der Waals surface area contributed by atoms with Crippen LogP contribution in [0.1, 0.15) is 35.2 Å². The lowest BCUT2D eigenvalue weighted by molar-refractivity contribution is -0.131. The van der Waals surface area contributed by atoms with Crippen LogP contribution in [0, 0.1) is 6.92 Å². The molecule has 0 radical (unpaired) electrons. The maximum absolute atomic E-state index is 11.7. The molecule has 1 aliphatic rings. The summed E-state index contributed by atoms with van der Waals surface area (Å²) in [6, 6.07) is 5.44. The summed E-state index contributed by atoms with van der Waals surface area (Å²) in [5.41, 5.74) is 1.97. The van der Waals surface area contributed by atoms with Crippen molar-refractivity contribution in [1.82, 2.24) is 0 Å². The Kier molecular flexibility index (Phi) is 3.65. The second kappa shape index (κ2) is 5.21. The summed E-state index contributed by atoms with van der Waals surface area (Å²) in [7, 11) is 0. The third-order valence-corrected chi connectivity index (χ3v) is 3.29. The predicted molar refractivity (Wildman–Crippen MR) is 69.2 cm³/mol. The molecule has 0 bridgehead atoms. The molecule has 1 aromatic rings. The van der Waals surface area contributed by atoms with Crippen LogP contribution in [-0.2, 0) is 4.79 Å². The Morgan fingerprint density at radius 2 is 1.83 bits per heavy atom. The van der Waals surface area contributed by atoms with Gasteiger partial charge in [-0.3, -0.25) is 4.79 Å². The van der Waals surface area contributed by atoms with Gasteiger partial charge in [0.1, 0.15) is 0 Å². The molecule has 4 nitrogen and oxygen atoms in total. The fourth-order valence-electron chi connectivity index (χ4n) is 2.36. The predicted octanol–water partition coefficient (Wildman–Crippen LogP) is 2.25. The van der Waals surface area contributed by atoms with Crippen LogP contribution in [0.3, 0.4) is 0 Å². The van der Waals surface area contributed by atoms with E-state index in [0.29, 0.717) is 5.56 Å². The zero-order valence-corrected chi connectivity index (χ0v) is 10.5. The second-order valence-electron chi connectivity index (χ2n) is 4.70. The molecule has 1 saturated heterocycles. The quantitative estimate of drug-likeness (QED) is 0.657. The van der Waals surface area contributed by atoms with Crippen molar-refractivity contribution in [2.75, 3.05) is 18.0 Å². The number of hydrogen-bond donors (Lipinski definition) is 1. The molecule has 0 saturated carbocycles. The molecule has 0 amide bonds. The molecule has 18 heavy (non-hydrogen) atoms. The molecule has 0 aliphatic carbocycles. The van der Waals surface area contributed by atoms with Crippen molar-refractivity contribution in [2.24, 2.45) is 0 Å². The molecule has 0 unspecified atom stereocenters. The topological polar surface area (TPSA) is 57.6 Å². The highest BCUT2D eigenvalue weighted by Crippen LogP contribution is 2.25. The molecular weight excluding hydrogens is 230 g/mol. The Morgan fingerprint density at radius 3 is 2.44 bits per heavy atom. The molecule has 96 valence electrons. The van der Waals surface area contributed by atoms with Crippen molar-refractivity contribution in [3.05, 3.63) is 29.3 Å². The molecule has 0 spiro atoms. The molecule has 1 aliphatic heterocycles. The Labute approximate surface area is 106 Å². The Hall–Kier alpha value is -1.84. The van der Waals surface area contributed by atoms with Gasteiger partial charge in [0.2, 0.25) is 0 Å². The number of ketones is 1. The second-order valence-corrected chi connectivity index (χ2v) is 4.70. The van der Waals surface area contributed by atoms with Gasteiger partial charge < -0.3 is 10.0 Å². The van der Waals surface area contributed by atoms with Crippen LogP contribution in [0.5, 0.6) is 0 Å². The first kappa shape index (κ1) is 12.6. The van der Waals surface area contributed by atoms with Crippen LogP contribution in [0.2, 0.25) is 0 Å². The molecule has 1 aromatic carbocycles. The molecule has 1 N–H and O–H groups in total. The molecular formula is C14H17NO3. The van der Waals surface area contributed by atoms with Crippen LogP contribution in [0.4, 0.5) is 5.69 Å². The molecule has 2 rings (SSSR count). The zero-order valence-electron chi connectivity index (χ0n) is 10.5. The molecule has 1 heterocycles. The van der Waals surface area contributed by atoms with Crippen LogP contribution in [0.25, 0.3) is 0 Å². The van der Waals surface area contributed by atoms with Gasteiger partial charge in [-0.15, -0.1) is 0 Å². The fourth-order valence-corrected chi connectivity index (χ4v) is 2.36. The van der Waals surface area contributed by atoms with Gasteiger partial charge in [0, 0.05) is 18.8 Å². The number of piperidine rings is 1. The summed E-state index contributed by atoms with van der Waals surface area (Å²) in [5.74, 6) is -2.21. The first-order valence-corrected chi connectivity index (χ1v) is 6.23. The minimum atomic E-state index is -1.39. The van der Waals surface area contributed by atoms with Crippen molar-refractivity contribution >= 4 is 17.4 Å². The number of aryl methyl sites for hydroxylation is 1. The summed E-state index contributed by atoms with van der Waals surface area (Å²) >= 11 is 0. The van der Waals surface area contributed by atoms with Gasteiger partial charge in [0.25, 0.3) is 5.78 Å². The zero-order chi connectivity index (χ0) is 13.1. The third kappa shape index (κ3) is 2.53. The minimum Gasteiger partial charge on any atom is -0.475 e. The van der Waals surface area contributed by atoms with Gasteiger partial charge in [-0.2, -0.15) is 0 Å². The van der Waals surface area contributed by atoms with E-state index in [2.05, 4.69) is 4.90 Å². The van der Waals surface area contributed by atoms with Gasteiger partial charge in [-0.1, -0.05) is 11.6 Å². The van der Waals surface area contributed by atoms with E-state index in [0.717, 1.165) is 37.2 Å². The number of nitrogens with zero attached hydrogens (tertiary/aromatic N) is 1. The van der Waals surface area contributed by atoms with E-state index in [4.69, 9.17) is 5.11 Å². The minimum absolute atomic E-state index is 0.310. The molecule has 4 heteroatoms. The Morgan fingerprint density at radius 1 is 1.17 bits per heavy atom. The van der Waals surface area contributed by atoms with Crippen LogP contribution in [-0.4, -0.2) is 29.9 Å². The van der Waals surface area contributed by atoms with Gasteiger partial charge in [-0.25, -0.2) is 4.79 Å². The van der Waals surface area contributed by atoms with Crippen LogP contribution < -0.4 is 4.90 Å². The van der Waals surface area contributed by atoms with E-state index in [1.165, 1.54) is 6.42 Å². The maximum Gasteiger partial charge on any atom is 0.377 e. The monoisotopic (exact) mass is 247 g/mol.